The van der Waals surface area contributed by atoms with Crippen LogP contribution in [0.2, 0.25) is 0 Å². The van der Waals surface area contributed by atoms with E-state index in [1.54, 1.807) is 4.90 Å². The number of nitrogens with two attached hydrogens (primary N) is 1. The minimum atomic E-state index is 0. The molecule has 1 atom stereocenters. The van der Waals surface area contributed by atoms with Crippen molar-refractivity contribution in [3.05, 3.63) is 30.3 Å². The fourth-order valence-corrected chi connectivity index (χ4v) is 2.52. The van der Waals surface area contributed by atoms with Crippen LogP contribution in [0.25, 0.3) is 0 Å². The van der Waals surface area contributed by atoms with E-state index in [0.717, 1.165) is 25.2 Å². The zero-order valence-corrected chi connectivity index (χ0v) is 13.0. The summed E-state index contributed by atoms with van der Waals surface area (Å²) in [4.78, 5) is 16.2. The number of amides is 1. The van der Waals surface area contributed by atoms with E-state index >= 15 is 0 Å². The van der Waals surface area contributed by atoms with E-state index < -0.39 is 0 Å². The van der Waals surface area contributed by atoms with E-state index in [1.807, 2.05) is 37.4 Å². The quantitative estimate of drug-likeness (QED) is 0.921. The smallest absolute Gasteiger partial charge is 0.240 e. The summed E-state index contributed by atoms with van der Waals surface area (Å²) < 4.78 is 0. The van der Waals surface area contributed by atoms with Crippen LogP contribution < -0.4 is 10.6 Å². The van der Waals surface area contributed by atoms with Crippen LogP contribution in [0, 0.1) is 5.41 Å². The first-order valence-corrected chi connectivity index (χ1v) is 6.78. The third-order valence-electron chi connectivity index (χ3n) is 4.01. The average molecular weight is 298 g/mol. The maximum atomic E-state index is 12.3. The first-order chi connectivity index (χ1) is 9.04. The monoisotopic (exact) mass is 297 g/mol. The molecule has 0 radical (unpaired) electrons. The van der Waals surface area contributed by atoms with Crippen molar-refractivity contribution < 1.29 is 4.79 Å². The molecule has 5 heteroatoms. The maximum absolute atomic E-state index is 12.3. The molecule has 1 fully saturated rings. The fraction of sp³-hybridized carbons (Fsp3) is 0.533. The van der Waals surface area contributed by atoms with Crippen molar-refractivity contribution in [3.8, 4) is 0 Å². The zero-order valence-electron chi connectivity index (χ0n) is 12.2. The summed E-state index contributed by atoms with van der Waals surface area (Å²) in [5.41, 5.74) is 6.90. The Morgan fingerprint density at radius 2 is 2.05 bits per heavy atom. The Kier molecular flexibility index (Phi) is 5.99. The Morgan fingerprint density at radius 1 is 1.40 bits per heavy atom. The van der Waals surface area contributed by atoms with Gasteiger partial charge in [0.05, 0.1) is 6.54 Å². The number of likely N-dealkylation sites (N-methyl/N-ethyl adjacent to an activating group) is 1. The van der Waals surface area contributed by atoms with Gasteiger partial charge in [-0.05, 0) is 37.1 Å². The molecule has 1 heterocycles. The summed E-state index contributed by atoms with van der Waals surface area (Å²) in [6.07, 6.45) is 1.08. The van der Waals surface area contributed by atoms with Crippen LogP contribution in [0.4, 0.5) is 5.69 Å². The summed E-state index contributed by atoms with van der Waals surface area (Å²) >= 11 is 0. The number of benzene rings is 1. The fourth-order valence-electron chi connectivity index (χ4n) is 2.52. The molecular weight excluding hydrogens is 274 g/mol. The SMILES string of the molecule is CN(C(=O)CN1CCC(C)(CN)C1)c1ccccc1.Cl. The molecule has 1 saturated heterocycles. The van der Waals surface area contributed by atoms with Gasteiger partial charge in [0.15, 0.2) is 0 Å². The lowest BCUT2D eigenvalue weighted by Gasteiger charge is -2.24. The number of likely N-dealkylation sites (tertiary alicyclic amines) is 1. The van der Waals surface area contributed by atoms with Crippen LogP contribution >= 0.6 is 12.4 Å². The molecule has 1 aliphatic heterocycles. The van der Waals surface area contributed by atoms with Gasteiger partial charge >= 0.3 is 0 Å². The normalized spacial score (nSPS) is 22.4. The van der Waals surface area contributed by atoms with Crippen molar-refractivity contribution >= 4 is 24.0 Å². The average Bonchev–Trinajstić information content (AvgIpc) is 2.81. The zero-order chi connectivity index (χ0) is 13.9. The van der Waals surface area contributed by atoms with Gasteiger partial charge in [0.2, 0.25) is 5.91 Å². The molecule has 0 spiro atoms. The summed E-state index contributed by atoms with van der Waals surface area (Å²) in [5.74, 6) is 0.132. The van der Waals surface area contributed by atoms with Crippen molar-refractivity contribution in [1.29, 1.82) is 0 Å². The number of hydrogen-bond acceptors (Lipinski definition) is 3. The molecular formula is C15H24ClN3O. The van der Waals surface area contributed by atoms with Crippen LogP contribution in [0.1, 0.15) is 13.3 Å². The second kappa shape index (κ2) is 7.07. The Balaban J connectivity index is 0.00000200. The Labute approximate surface area is 127 Å². The van der Waals surface area contributed by atoms with Gasteiger partial charge in [-0.3, -0.25) is 9.69 Å². The Bertz CT molecular complexity index is 440. The molecule has 20 heavy (non-hydrogen) atoms. The number of rotatable bonds is 4. The molecule has 1 unspecified atom stereocenters. The molecule has 4 nitrogen and oxygen atoms in total. The topological polar surface area (TPSA) is 49.6 Å². The van der Waals surface area contributed by atoms with E-state index in [1.165, 1.54) is 0 Å². The summed E-state index contributed by atoms with van der Waals surface area (Å²) in [7, 11) is 1.83. The minimum absolute atomic E-state index is 0. The first-order valence-electron chi connectivity index (χ1n) is 6.78. The predicted octanol–water partition coefficient (Wildman–Crippen LogP) is 1.74. The van der Waals surface area contributed by atoms with E-state index in [-0.39, 0.29) is 23.7 Å². The van der Waals surface area contributed by atoms with Gasteiger partial charge in [0, 0.05) is 19.3 Å². The predicted molar refractivity (Wildman–Crippen MR) is 85.3 cm³/mol. The number of nitrogens with zero attached hydrogens (tertiary/aromatic N) is 2. The highest BCUT2D eigenvalue weighted by Crippen LogP contribution is 2.28. The number of anilines is 1. The van der Waals surface area contributed by atoms with Crippen LogP contribution in [0.3, 0.4) is 0 Å². The van der Waals surface area contributed by atoms with Crippen molar-refractivity contribution in [2.75, 3.05) is 38.1 Å². The van der Waals surface area contributed by atoms with E-state index in [4.69, 9.17) is 5.73 Å². The molecule has 1 aromatic carbocycles. The number of halogens is 1. The standard InChI is InChI=1S/C15H23N3O.ClH/c1-15(11-16)8-9-18(12-15)10-14(19)17(2)13-6-4-3-5-7-13;/h3-7H,8-12,16H2,1-2H3;1H. The van der Waals surface area contributed by atoms with Crippen molar-refractivity contribution in [2.45, 2.75) is 13.3 Å². The lowest BCUT2D eigenvalue weighted by molar-refractivity contribution is -0.119. The number of para-hydroxylation sites is 1. The maximum Gasteiger partial charge on any atom is 0.240 e. The number of hydrogen-bond donors (Lipinski definition) is 1. The van der Waals surface area contributed by atoms with Crippen LogP contribution in [-0.4, -0.2) is 44.0 Å². The molecule has 1 aromatic rings. The molecule has 0 saturated carbocycles. The van der Waals surface area contributed by atoms with Gasteiger partial charge in [0.25, 0.3) is 0 Å². The van der Waals surface area contributed by atoms with Crippen molar-refractivity contribution in [2.24, 2.45) is 11.1 Å². The van der Waals surface area contributed by atoms with Crippen molar-refractivity contribution in [3.63, 3.8) is 0 Å². The molecule has 112 valence electrons. The highest BCUT2D eigenvalue weighted by atomic mass is 35.5. The first kappa shape index (κ1) is 17.0. The van der Waals surface area contributed by atoms with Crippen LogP contribution in [0.5, 0.6) is 0 Å². The van der Waals surface area contributed by atoms with E-state index in [9.17, 15) is 4.79 Å². The highest BCUT2D eigenvalue weighted by molar-refractivity contribution is 5.94. The highest BCUT2D eigenvalue weighted by Gasteiger charge is 2.33. The van der Waals surface area contributed by atoms with Gasteiger partial charge in [-0.25, -0.2) is 0 Å². The third-order valence-corrected chi connectivity index (χ3v) is 4.01. The molecule has 2 rings (SSSR count). The Morgan fingerprint density at radius 3 is 2.60 bits per heavy atom. The molecule has 0 aromatic heterocycles. The largest absolute Gasteiger partial charge is 0.330 e. The van der Waals surface area contributed by atoms with Gasteiger partial charge in [-0.15, -0.1) is 12.4 Å². The third kappa shape index (κ3) is 3.95. The van der Waals surface area contributed by atoms with Gasteiger partial charge < -0.3 is 10.6 Å². The summed E-state index contributed by atoms with van der Waals surface area (Å²) in [6, 6.07) is 9.74. The van der Waals surface area contributed by atoms with Gasteiger partial charge in [0.1, 0.15) is 0 Å². The van der Waals surface area contributed by atoms with E-state index in [2.05, 4.69) is 11.8 Å². The lowest BCUT2D eigenvalue weighted by Crippen LogP contribution is -2.39. The van der Waals surface area contributed by atoms with Crippen LogP contribution in [-0.2, 0) is 4.79 Å². The van der Waals surface area contributed by atoms with Crippen molar-refractivity contribution in [1.82, 2.24) is 4.90 Å². The summed E-state index contributed by atoms with van der Waals surface area (Å²) in [6.45, 7) is 5.23. The lowest BCUT2D eigenvalue weighted by atomic mass is 9.90. The second-order valence-electron chi connectivity index (χ2n) is 5.76. The molecule has 0 aliphatic carbocycles. The molecule has 1 aliphatic rings. The molecule has 1 amide bonds. The minimum Gasteiger partial charge on any atom is -0.330 e. The summed E-state index contributed by atoms with van der Waals surface area (Å²) in [5, 5.41) is 0. The number of carbonyl (C=O) groups is 1. The second-order valence-corrected chi connectivity index (χ2v) is 5.76. The molecule has 0 bridgehead atoms. The molecule has 2 N–H and O–H groups in total. The van der Waals surface area contributed by atoms with Crippen LogP contribution in [0.15, 0.2) is 30.3 Å². The number of carbonyl (C=O) groups excluding carboxylic acids is 1. The Hall–Kier alpha value is -1.10. The van der Waals surface area contributed by atoms with Gasteiger partial charge in [-0.1, -0.05) is 25.1 Å². The van der Waals surface area contributed by atoms with Gasteiger partial charge in [-0.2, -0.15) is 0 Å². The van der Waals surface area contributed by atoms with E-state index in [0.29, 0.717) is 13.1 Å².